The maximum absolute atomic E-state index is 13.4. The summed E-state index contributed by atoms with van der Waals surface area (Å²) in [6.45, 7) is 1.71. The lowest BCUT2D eigenvalue weighted by Crippen LogP contribution is -2.17. The molecular formula is C19H22F3N3O2S. The Kier molecular flexibility index (Phi) is 5.65. The summed E-state index contributed by atoms with van der Waals surface area (Å²) in [7, 11) is -3.34. The number of benzene rings is 1. The Morgan fingerprint density at radius 2 is 1.82 bits per heavy atom. The maximum Gasteiger partial charge on any atom is 0.419 e. The van der Waals surface area contributed by atoms with Gasteiger partial charge in [-0.25, -0.2) is 18.4 Å². The van der Waals surface area contributed by atoms with Crippen LogP contribution in [0, 0.1) is 6.92 Å². The number of aromatic nitrogens is 2. The first-order valence-electron chi connectivity index (χ1n) is 9.07. The molecule has 0 bridgehead atoms. The van der Waals surface area contributed by atoms with E-state index >= 15 is 0 Å². The third-order valence-corrected chi connectivity index (χ3v) is 6.10. The predicted octanol–water partition coefficient (Wildman–Crippen LogP) is 5.00. The molecule has 0 spiro atoms. The van der Waals surface area contributed by atoms with Crippen molar-refractivity contribution in [2.24, 2.45) is 0 Å². The van der Waals surface area contributed by atoms with Gasteiger partial charge in [0, 0.05) is 24.1 Å². The van der Waals surface area contributed by atoms with Gasteiger partial charge in [-0.05, 0) is 43.5 Å². The number of alkyl halides is 3. The van der Waals surface area contributed by atoms with Crippen LogP contribution >= 0.6 is 0 Å². The third kappa shape index (κ3) is 4.63. The van der Waals surface area contributed by atoms with Gasteiger partial charge in [-0.3, -0.25) is 0 Å². The van der Waals surface area contributed by atoms with Crippen LogP contribution in [0.25, 0.3) is 0 Å². The second-order valence-electron chi connectivity index (χ2n) is 7.20. The highest BCUT2D eigenvalue weighted by atomic mass is 32.2. The number of aryl methyl sites for hydroxylation is 1. The fourth-order valence-corrected chi connectivity index (χ4v) is 4.19. The van der Waals surface area contributed by atoms with Gasteiger partial charge in [0.1, 0.15) is 0 Å². The van der Waals surface area contributed by atoms with Crippen LogP contribution in [0.3, 0.4) is 0 Å². The van der Waals surface area contributed by atoms with E-state index in [9.17, 15) is 21.6 Å². The van der Waals surface area contributed by atoms with E-state index in [2.05, 4.69) is 15.3 Å². The van der Waals surface area contributed by atoms with Crippen molar-refractivity contribution in [2.75, 3.05) is 11.6 Å². The quantitative estimate of drug-likeness (QED) is 0.764. The molecule has 1 fully saturated rings. The van der Waals surface area contributed by atoms with E-state index in [-0.39, 0.29) is 22.5 Å². The highest BCUT2D eigenvalue weighted by molar-refractivity contribution is 7.90. The highest BCUT2D eigenvalue weighted by Gasteiger charge is 2.37. The van der Waals surface area contributed by atoms with Gasteiger partial charge in [-0.2, -0.15) is 13.2 Å². The number of hydrogen-bond donors (Lipinski definition) is 1. The average Bonchev–Trinajstić information content (AvgIpc) is 2.62. The van der Waals surface area contributed by atoms with Gasteiger partial charge >= 0.3 is 6.18 Å². The Morgan fingerprint density at radius 1 is 1.14 bits per heavy atom. The van der Waals surface area contributed by atoms with Gasteiger partial charge in [0.2, 0.25) is 5.95 Å². The summed E-state index contributed by atoms with van der Waals surface area (Å²) in [4.78, 5) is 8.23. The zero-order valence-corrected chi connectivity index (χ0v) is 16.5. The van der Waals surface area contributed by atoms with Gasteiger partial charge in [0.05, 0.1) is 16.2 Å². The summed E-state index contributed by atoms with van der Waals surface area (Å²) < 4.78 is 63.6. The van der Waals surface area contributed by atoms with E-state index < -0.39 is 21.6 Å². The summed E-state index contributed by atoms with van der Waals surface area (Å²) in [6.07, 6.45) is 1.62. The zero-order valence-electron chi connectivity index (χ0n) is 15.7. The van der Waals surface area contributed by atoms with Gasteiger partial charge < -0.3 is 5.32 Å². The Balaban J connectivity index is 1.95. The standard InChI is InChI=1S/C19H22F3N3O2S/c1-12-10-14(28(2,26)27)8-9-16(12)24-18-23-11-15(19(20,21)22)17(25-18)13-6-4-3-5-7-13/h8-11,13H,3-7H2,1-2H3,(H,23,24,25). The smallest absolute Gasteiger partial charge is 0.324 e. The van der Waals surface area contributed by atoms with Crippen LogP contribution in [0.15, 0.2) is 29.3 Å². The molecule has 1 heterocycles. The van der Waals surface area contributed by atoms with Crippen molar-refractivity contribution in [3.05, 3.63) is 41.2 Å². The molecule has 0 amide bonds. The first-order chi connectivity index (χ1) is 13.1. The van der Waals surface area contributed by atoms with Gasteiger partial charge in [-0.15, -0.1) is 0 Å². The molecule has 1 saturated carbocycles. The molecule has 0 aliphatic heterocycles. The highest BCUT2D eigenvalue weighted by Crippen LogP contribution is 2.40. The summed E-state index contributed by atoms with van der Waals surface area (Å²) in [6, 6.07) is 4.51. The van der Waals surface area contributed by atoms with Crippen LogP contribution in [-0.2, 0) is 16.0 Å². The van der Waals surface area contributed by atoms with E-state index in [4.69, 9.17) is 0 Å². The van der Waals surface area contributed by atoms with Gasteiger partial charge in [0.15, 0.2) is 9.84 Å². The molecule has 0 saturated heterocycles. The third-order valence-electron chi connectivity index (χ3n) is 4.99. The maximum atomic E-state index is 13.4. The van der Waals surface area contributed by atoms with Crippen LogP contribution in [0.5, 0.6) is 0 Å². The molecule has 2 aromatic rings. The molecule has 1 N–H and O–H groups in total. The molecular weight excluding hydrogens is 391 g/mol. The van der Waals surface area contributed by atoms with E-state index in [1.54, 1.807) is 13.0 Å². The number of sulfone groups is 1. The first kappa shape index (κ1) is 20.6. The Bertz CT molecular complexity index is 969. The minimum atomic E-state index is -4.50. The lowest BCUT2D eigenvalue weighted by atomic mass is 9.85. The number of rotatable bonds is 4. The normalized spacial score (nSPS) is 16.2. The topological polar surface area (TPSA) is 72.0 Å². The Labute approximate surface area is 162 Å². The Hall–Kier alpha value is -2.16. The van der Waals surface area contributed by atoms with Crippen LogP contribution in [-0.4, -0.2) is 24.6 Å². The molecule has 1 aromatic heterocycles. The molecule has 1 aliphatic carbocycles. The molecule has 5 nitrogen and oxygen atoms in total. The summed E-state index contributed by atoms with van der Waals surface area (Å²) >= 11 is 0. The number of halogens is 3. The molecule has 0 atom stereocenters. The van der Waals surface area contributed by atoms with Crippen molar-refractivity contribution in [1.82, 2.24) is 9.97 Å². The summed E-state index contributed by atoms with van der Waals surface area (Å²) in [5.41, 5.74) is 0.427. The molecule has 152 valence electrons. The molecule has 3 rings (SSSR count). The van der Waals surface area contributed by atoms with E-state index in [0.717, 1.165) is 31.7 Å². The van der Waals surface area contributed by atoms with Crippen molar-refractivity contribution in [3.8, 4) is 0 Å². The molecule has 28 heavy (non-hydrogen) atoms. The van der Waals surface area contributed by atoms with E-state index in [1.807, 2.05) is 0 Å². The monoisotopic (exact) mass is 413 g/mol. The SMILES string of the molecule is Cc1cc(S(C)(=O)=O)ccc1Nc1ncc(C(F)(F)F)c(C2CCCCC2)n1. The van der Waals surface area contributed by atoms with Crippen molar-refractivity contribution in [1.29, 1.82) is 0 Å². The van der Waals surface area contributed by atoms with Crippen molar-refractivity contribution >= 4 is 21.5 Å². The van der Waals surface area contributed by atoms with Crippen LogP contribution in [0.1, 0.15) is 54.8 Å². The largest absolute Gasteiger partial charge is 0.419 e. The van der Waals surface area contributed by atoms with Crippen molar-refractivity contribution < 1.29 is 21.6 Å². The molecule has 1 aliphatic rings. The van der Waals surface area contributed by atoms with E-state index in [1.165, 1.54) is 12.1 Å². The number of hydrogen-bond acceptors (Lipinski definition) is 5. The van der Waals surface area contributed by atoms with Crippen molar-refractivity contribution in [3.63, 3.8) is 0 Å². The number of nitrogens with one attached hydrogen (secondary N) is 1. The number of anilines is 2. The Morgan fingerprint density at radius 3 is 2.39 bits per heavy atom. The van der Waals surface area contributed by atoms with Gasteiger partial charge in [-0.1, -0.05) is 19.3 Å². The average molecular weight is 413 g/mol. The van der Waals surface area contributed by atoms with Crippen molar-refractivity contribution in [2.45, 2.75) is 56.0 Å². The lowest BCUT2D eigenvalue weighted by Gasteiger charge is -2.24. The molecule has 0 radical (unpaired) electrons. The minimum absolute atomic E-state index is 0.0371. The fourth-order valence-electron chi connectivity index (χ4n) is 3.49. The van der Waals surface area contributed by atoms with Gasteiger partial charge in [0.25, 0.3) is 0 Å². The van der Waals surface area contributed by atoms with Crippen LogP contribution < -0.4 is 5.32 Å². The lowest BCUT2D eigenvalue weighted by molar-refractivity contribution is -0.139. The summed E-state index contributed by atoms with van der Waals surface area (Å²) in [5, 5.41) is 2.92. The molecule has 9 heteroatoms. The van der Waals surface area contributed by atoms with Crippen LogP contribution in [0.4, 0.5) is 24.8 Å². The zero-order chi connectivity index (χ0) is 20.5. The predicted molar refractivity (Wildman–Crippen MR) is 100 cm³/mol. The summed E-state index contributed by atoms with van der Waals surface area (Å²) in [5.74, 6) is -0.161. The fraction of sp³-hybridized carbons (Fsp3) is 0.474. The molecule has 1 aromatic carbocycles. The van der Waals surface area contributed by atoms with Crippen LogP contribution in [0.2, 0.25) is 0 Å². The van der Waals surface area contributed by atoms with E-state index in [0.29, 0.717) is 24.1 Å². The first-order valence-corrected chi connectivity index (χ1v) is 11.0. The second-order valence-corrected chi connectivity index (χ2v) is 9.21. The second kappa shape index (κ2) is 7.69. The minimum Gasteiger partial charge on any atom is -0.324 e. The number of nitrogens with zero attached hydrogens (tertiary/aromatic N) is 2. The molecule has 0 unspecified atom stereocenters.